The average molecular weight is 319 g/mol. The van der Waals surface area contributed by atoms with Crippen molar-refractivity contribution in [2.75, 3.05) is 0 Å². The fourth-order valence-corrected chi connectivity index (χ4v) is 2.10. The maximum Gasteiger partial charge on any atom is 0.224 e. The van der Waals surface area contributed by atoms with Crippen molar-refractivity contribution in [2.24, 2.45) is 5.73 Å². The van der Waals surface area contributed by atoms with Crippen LogP contribution in [0.5, 0.6) is 0 Å². The van der Waals surface area contributed by atoms with Crippen molar-refractivity contribution in [2.45, 2.75) is 13.0 Å². The molecule has 21 heavy (non-hydrogen) atoms. The van der Waals surface area contributed by atoms with E-state index in [9.17, 15) is 4.79 Å². The summed E-state index contributed by atoms with van der Waals surface area (Å²) in [6, 6.07) is 14.7. The molecule has 5 heteroatoms. The lowest BCUT2D eigenvalue weighted by Crippen LogP contribution is -2.24. The molecule has 3 nitrogen and oxygen atoms in total. The van der Waals surface area contributed by atoms with Gasteiger partial charge >= 0.3 is 0 Å². The van der Waals surface area contributed by atoms with Crippen LogP contribution in [-0.4, -0.2) is 10.9 Å². The minimum atomic E-state index is -0.0317. The van der Waals surface area contributed by atoms with Gasteiger partial charge in [0, 0.05) is 17.1 Å². The summed E-state index contributed by atoms with van der Waals surface area (Å²) in [5, 5.41) is 3.54. The predicted molar refractivity (Wildman–Crippen MR) is 89.3 cm³/mol. The Kier molecular flexibility index (Phi) is 5.31. The first-order valence-corrected chi connectivity index (χ1v) is 7.23. The van der Waals surface area contributed by atoms with E-state index in [1.54, 1.807) is 12.1 Å². The summed E-state index contributed by atoms with van der Waals surface area (Å²) >= 11 is 10.7. The van der Waals surface area contributed by atoms with E-state index in [0.29, 0.717) is 23.0 Å². The molecule has 108 valence electrons. The van der Waals surface area contributed by atoms with E-state index in [1.165, 1.54) is 0 Å². The molecule has 0 atom stereocenters. The molecular weight excluding hydrogens is 304 g/mol. The summed E-state index contributed by atoms with van der Waals surface area (Å²) < 4.78 is 0. The van der Waals surface area contributed by atoms with Crippen LogP contribution in [0.25, 0.3) is 0 Å². The highest BCUT2D eigenvalue weighted by Gasteiger charge is 2.04. The van der Waals surface area contributed by atoms with Gasteiger partial charge in [-0.2, -0.15) is 0 Å². The van der Waals surface area contributed by atoms with Gasteiger partial charge in [-0.15, -0.1) is 0 Å². The molecule has 0 aromatic heterocycles. The third-order valence-electron chi connectivity index (χ3n) is 3.01. The quantitative estimate of drug-likeness (QED) is 0.834. The summed E-state index contributed by atoms with van der Waals surface area (Å²) in [6.45, 7) is 0.476. The Morgan fingerprint density at radius 3 is 2.19 bits per heavy atom. The maximum atomic E-state index is 11.9. The monoisotopic (exact) mass is 318 g/mol. The highest BCUT2D eigenvalue weighted by Crippen LogP contribution is 2.10. The minimum absolute atomic E-state index is 0.0317. The molecule has 0 fully saturated rings. The molecule has 2 aromatic carbocycles. The van der Waals surface area contributed by atoms with E-state index < -0.39 is 0 Å². The predicted octanol–water partition coefficient (Wildman–Crippen LogP) is 2.83. The summed E-state index contributed by atoms with van der Waals surface area (Å²) in [5.41, 5.74) is 8.29. The Hall–Kier alpha value is -1.91. The second-order valence-corrected chi connectivity index (χ2v) is 5.52. The molecule has 0 radical (unpaired) electrons. The molecule has 0 saturated heterocycles. The number of carbonyl (C=O) groups is 1. The fraction of sp³-hybridized carbons (Fsp3) is 0.125. The Morgan fingerprint density at radius 2 is 1.62 bits per heavy atom. The third kappa shape index (κ3) is 4.85. The lowest BCUT2D eigenvalue weighted by molar-refractivity contribution is -0.120. The van der Waals surface area contributed by atoms with Gasteiger partial charge in [-0.1, -0.05) is 60.2 Å². The average Bonchev–Trinajstić information content (AvgIpc) is 2.48. The number of amides is 1. The number of thiocarbonyl (C=S) groups is 1. The van der Waals surface area contributed by atoms with E-state index in [-0.39, 0.29) is 5.91 Å². The van der Waals surface area contributed by atoms with Gasteiger partial charge in [0.05, 0.1) is 6.42 Å². The van der Waals surface area contributed by atoms with Crippen LogP contribution < -0.4 is 11.1 Å². The van der Waals surface area contributed by atoms with Crippen molar-refractivity contribution in [3.63, 3.8) is 0 Å². The second-order valence-electron chi connectivity index (χ2n) is 4.64. The standard InChI is InChI=1S/C16H15ClN2OS/c17-14-7-3-11(4-8-14)9-15(20)19-10-12-1-5-13(6-2-12)16(18)21/h1-8H,9-10H2,(H2,18,21)(H,19,20). The zero-order valence-electron chi connectivity index (χ0n) is 11.3. The summed E-state index contributed by atoms with van der Waals surface area (Å²) in [7, 11) is 0. The number of benzene rings is 2. The second kappa shape index (κ2) is 7.20. The zero-order valence-corrected chi connectivity index (χ0v) is 12.9. The van der Waals surface area contributed by atoms with Crippen LogP contribution >= 0.6 is 23.8 Å². The van der Waals surface area contributed by atoms with Crippen molar-refractivity contribution in [3.05, 3.63) is 70.2 Å². The van der Waals surface area contributed by atoms with Gasteiger partial charge in [0.1, 0.15) is 4.99 Å². The van der Waals surface area contributed by atoms with E-state index in [0.717, 1.165) is 16.7 Å². The molecule has 3 N–H and O–H groups in total. The van der Waals surface area contributed by atoms with Crippen LogP contribution in [0.1, 0.15) is 16.7 Å². The molecule has 0 bridgehead atoms. The SMILES string of the molecule is NC(=S)c1ccc(CNC(=O)Cc2ccc(Cl)cc2)cc1. The highest BCUT2D eigenvalue weighted by atomic mass is 35.5. The van der Waals surface area contributed by atoms with Gasteiger partial charge < -0.3 is 11.1 Å². The van der Waals surface area contributed by atoms with Crippen molar-refractivity contribution in [1.82, 2.24) is 5.32 Å². The Balaban J connectivity index is 1.86. The molecule has 0 unspecified atom stereocenters. The number of nitrogens with one attached hydrogen (secondary N) is 1. The van der Waals surface area contributed by atoms with Crippen LogP contribution in [0, 0.1) is 0 Å². The van der Waals surface area contributed by atoms with E-state index in [4.69, 9.17) is 29.6 Å². The molecule has 2 aromatic rings. The number of carbonyl (C=O) groups excluding carboxylic acids is 1. The molecule has 1 amide bonds. The molecule has 0 aliphatic rings. The fourth-order valence-electron chi connectivity index (χ4n) is 1.84. The molecule has 0 aliphatic carbocycles. The lowest BCUT2D eigenvalue weighted by atomic mass is 10.1. The first-order chi connectivity index (χ1) is 10.0. The van der Waals surface area contributed by atoms with Gasteiger partial charge in [0.25, 0.3) is 0 Å². The molecule has 0 spiro atoms. The summed E-state index contributed by atoms with van der Waals surface area (Å²) in [4.78, 5) is 12.2. The van der Waals surface area contributed by atoms with Gasteiger partial charge in [-0.3, -0.25) is 4.79 Å². The molecule has 2 rings (SSSR count). The Labute approximate surface area is 134 Å². The molecule has 0 heterocycles. The largest absolute Gasteiger partial charge is 0.389 e. The van der Waals surface area contributed by atoms with Crippen molar-refractivity contribution < 1.29 is 4.79 Å². The number of nitrogens with two attached hydrogens (primary N) is 1. The van der Waals surface area contributed by atoms with Gasteiger partial charge in [-0.05, 0) is 23.3 Å². The van der Waals surface area contributed by atoms with Gasteiger partial charge in [0.15, 0.2) is 0 Å². The summed E-state index contributed by atoms with van der Waals surface area (Å²) in [5.74, 6) is -0.0317. The first kappa shape index (κ1) is 15.5. The van der Waals surface area contributed by atoms with E-state index >= 15 is 0 Å². The van der Waals surface area contributed by atoms with Crippen LogP contribution in [0.15, 0.2) is 48.5 Å². The topological polar surface area (TPSA) is 55.1 Å². The minimum Gasteiger partial charge on any atom is -0.389 e. The van der Waals surface area contributed by atoms with Crippen molar-refractivity contribution in [3.8, 4) is 0 Å². The number of hydrogen-bond donors (Lipinski definition) is 2. The molecule has 0 aliphatic heterocycles. The third-order valence-corrected chi connectivity index (χ3v) is 3.49. The number of halogens is 1. The molecular formula is C16H15ClN2OS. The normalized spacial score (nSPS) is 10.1. The zero-order chi connectivity index (χ0) is 15.2. The first-order valence-electron chi connectivity index (χ1n) is 6.44. The lowest BCUT2D eigenvalue weighted by Gasteiger charge is -2.06. The number of hydrogen-bond acceptors (Lipinski definition) is 2. The van der Waals surface area contributed by atoms with Crippen LogP contribution in [0.4, 0.5) is 0 Å². The number of rotatable bonds is 5. The highest BCUT2D eigenvalue weighted by molar-refractivity contribution is 7.80. The van der Waals surface area contributed by atoms with Crippen LogP contribution in [0.2, 0.25) is 5.02 Å². The summed E-state index contributed by atoms with van der Waals surface area (Å²) in [6.07, 6.45) is 0.335. The maximum absolute atomic E-state index is 11.9. The Bertz CT molecular complexity index is 638. The smallest absolute Gasteiger partial charge is 0.224 e. The molecule has 0 saturated carbocycles. The van der Waals surface area contributed by atoms with Gasteiger partial charge in [0.2, 0.25) is 5.91 Å². The Morgan fingerprint density at radius 1 is 1.05 bits per heavy atom. The van der Waals surface area contributed by atoms with Crippen LogP contribution in [0.3, 0.4) is 0 Å². The van der Waals surface area contributed by atoms with Crippen LogP contribution in [-0.2, 0) is 17.8 Å². The van der Waals surface area contributed by atoms with Gasteiger partial charge in [-0.25, -0.2) is 0 Å². The van der Waals surface area contributed by atoms with E-state index in [2.05, 4.69) is 5.32 Å². The van der Waals surface area contributed by atoms with E-state index in [1.807, 2.05) is 36.4 Å². The van der Waals surface area contributed by atoms with Crippen molar-refractivity contribution in [1.29, 1.82) is 0 Å². The van der Waals surface area contributed by atoms with Crippen molar-refractivity contribution >= 4 is 34.7 Å².